The number of nitrogens with zero attached hydrogens (tertiary/aromatic N) is 6. The van der Waals surface area contributed by atoms with E-state index in [-0.39, 0.29) is 11.4 Å². The van der Waals surface area contributed by atoms with Crippen LogP contribution in [0.3, 0.4) is 0 Å². The van der Waals surface area contributed by atoms with Crippen LogP contribution in [-0.4, -0.2) is 33.0 Å². The quantitative estimate of drug-likeness (QED) is 0.324. The maximum Gasteiger partial charge on any atom is 0.270 e. The Balaban J connectivity index is 1.47. The van der Waals surface area contributed by atoms with Crippen LogP contribution in [0.1, 0.15) is 15.9 Å². The molecular weight excluding hydrogens is 474 g/mol. The van der Waals surface area contributed by atoms with E-state index < -0.39 is 5.91 Å². The van der Waals surface area contributed by atoms with E-state index in [1.54, 1.807) is 49.7 Å². The SMILES string of the molecule is [C-]#[N+]c1cc(-c2ccccc2OC)c(C(=O)Nc2nc3ncc(-c4ccc(C#N)cc4)nc3s2)cn1. The molecule has 3 heterocycles. The molecule has 2 aromatic carbocycles. The maximum absolute atomic E-state index is 13.3. The highest BCUT2D eigenvalue weighted by atomic mass is 32.1. The van der Waals surface area contributed by atoms with E-state index in [0.717, 1.165) is 5.56 Å². The van der Waals surface area contributed by atoms with Crippen molar-refractivity contribution in [3.63, 3.8) is 0 Å². The molecule has 1 amide bonds. The van der Waals surface area contributed by atoms with Crippen LogP contribution in [-0.2, 0) is 0 Å². The molecule has 0 aliphatic carbocycles. The molecule has 5 rings (SSSR count). The third-order valence-electron chi connectivity index (χ3n) is 5.30. The summed E-state index contributed by atoms with van der Waals surface area (Å²) < 4.78 is 5.45. The minimum absolute atomic E-state index is 0.163. The average Bonchev–Trinajstić information content (AvgIpc) is 3.34. The number of methoxy groups -OCH3 is 1. The van der Waals surface area contributed by atoms with E-state index in [4.69, 9.17) is 16.6 Å². The smallest absolute Gasteiger partial charge is 0.270 e. The van der Waals surface area contributed by atoms with Crippen LogP contribution in [0.15, 0.2) is 67.0 Å². The monoisotopic (exact) mass is 489 g/mol. The number of anilines is 1. The third kappa shape index (κ3) is 4.32. The summed E-state index contributed by atoms with van der Waals surface area (Å²) in [5.74, 6) is 0.292. The Morgan fingerprint density at radius 2 is 1.89 bits per heavy atom. The molecule has 9 nitrogen and oxygen atoms in total. The van der Waals surface area contributed by atoms with Gasteiger partial charge in [-0.15, -0.1) is 4.98 Å². The number of carbonyl (C=O) groups is 1. The van der Waals surface area contributed by atoms with E-state index in [9.17, 15) is 4.79 Å². The van der Waals surface area contributed by atoms with Crippen molar-refractivity contribution in [2.75, 3.05) is 12.4 Å². The molecule has 172 valence electrons. The van der Waals surface area contributed by atoms with Gasteiger partial charge in [0.25, 0.3) is 11.7 Å². The molecule has 0 bridgehead atoms. The number of pyridine rings is 1. The molecule has 0 saturated heterocycles. The normalized spacial score (nSPS) is 10.4. The zero-order chi connectivity index (χ0) is 25.1. The Bertz CT molecular complexity index is 1700. The summed E-state index contributed by atoms with van der Waals surface area (Å²) in [5, 5.41) is 12.1. The lowest BCUT2D eigenvalue weighted by Crippen LogP contribution is -2.13. The Labute approximate surface area is 209 Å². The van der Waals surface area contributed by atoms with Gasteiger partial charge in [0.2, 0.25) is 0 Å². The van der Waals surface area contributed by atoms with Crippen molar-refractivity contribution in [2.45, 2.75) is 0 Å². The lowest BCUT2D eigenvalue weighted by Gasteiger charge is -2.12. The predicted octanol–water partition coefficient (Wildman–Crippen LogP) is 5.50. The summed E-state index contributed by atoms with van der Waals surface area (Å²) in [4.78, 5) is 34.7. The summed E-state index contributed by atoms with van der Waals surface area (Å²) in [7, 11) is 1.54. The van der Waals surface area contributed by atoms with Gasteiger partial charge in [0, 0.05) is 11.1 Å². The second-order valence-electron chi connectivity index (χ2n) is 7.45. The van der Waals surface area contributed by atoms with Gasteiger partial charge in [-0.3, -0.25) is 10.1 Å². The van der Waals surface area contributed by atoms with E-state index in [1.807, 2.05) is 18.2 Å². The number of amides is 1. The highest BCUT2D eigenvalue weighted by Gasteiger charge is 2.20. The Morgan fingerprint density at radius 3 is 2.64 bits per heavy atom. The van der Waals surface area contributed by atoms with Gasteiger partial charge in [-0.2, -0.15) is 10.2 Å². The summed E-state index contributed by atoms with van der Waals surface area (Å²) in [6.07, 6.45) is 2.97. The summed E-state index contributed by atoms with van der Waals surface area (Å²) in [6.45, 7) is 7.31. The van der Waals surface area contributed by atoms with E-state index >= 15 is 0 Å². The van der Waals surface area contributed by atoms with Gasteiger partial charge in [0.15, 0.2) is 15.6 Å². The first-order chi connectivity index (χ1) is 17.6. The van der Waals surface area contributed by atoms with Crippen molar-refractivity contribution in [3.05, 3.63) is 89.5 Å². The molecule has 36 heavy (non-hydrogen) atoms. The second kappa shape index (κ2) is 9.58. The van der Waals surface area contributed by atoms with E-state index in [0.29, 0.717) is 43.7 Å². The first-order valence-corrected chi connectivity index (χ1v) is 11.4. The van der Waals surface area contributed by atoms with Crippen molar-refractivity contribution < 1.29 is 9.53 Å². The van der Waals surface area contributed by atoms with Crippen molar-refractivity contribution >= 4 is 38.7 Å². The zero-order valence-electron chi connectivity index (χ0n) is 18.8. The van der Waals surface area contributed by atoms with Crippen LogP contribution < -0.4 is 10.1 Å². The third-order valence-corrected chi connectivity index (χ3v) is 6.15. The standard InChI is InChI=1S/C26H15N7O2S/c1-28-22-11-18(17-5-3-4-6-21(17)35-2)19(13-29-22)24(34)33-26-32-23-25(36-26)31-20(14-30-23)16-9-7-15(12-27)8-10-16/h3-11,13-14H,2H3,(H,30,32,33,34). The van der Waals surface area contributed by atoms with Gasteiger partial charge in [0.1, 0.15) is 11.9 Å². The number of rotatable bonds is 5. The number of nitrogens with one attached hydrogen (secondary N) is 1. The number of para-hydroxylation sites is 1. The van der Waals surface area contributed by atoms with Crippen LogP contribution in [0.25, 0.3) is 37.7 Å². The lowest BCUT2D eigenvalue weighted by atomic mass is 10.00. The van der Waals surface area contributed by atoms with Crippen LogP contribution in [0.4, 0.5) is 10.9 Å². The first-order valence-electron chi connectivity index (χ1n) is 10.6. The Morgan fingerprint density at radius 1 is 1.08 bits per heavy atom. The van der Waals surface area contributed by atoms with Crippen LogP contribution >= 0.6 is 11.3 Å². The highest BCUT2D eigenvalue weighted by Crippen LogP contribution is 2.34. The van der Waals surface area contributed by atoms with Crippen molar-refractivity contribution in [2.24, 2.45) is 0 Å². The molecule has 3 aromatic heterocycles. The van der Waals surface area contributed by atoms with E-state index in [2.05, 4.69) is 36.2 Å². The minimum atomic E-state index is -0.439. The number of aromatic nitrogens is 4. The molecule has 0 aliphatic rings. The van der Waals surface area contributed by atoms with Gasteiger partial charge in [-0.1, -0.05) is 48.2 Å². The molecule has 5 aromatic rings. The average molecular weight is 490 g/mol. The van der Waals surface area contributed by atoms with Gasteiger partial charge in [0.05, 0.1) is 36.2 Å². The number of carbonyl (C=O) groups excluding carboxylic acids is 1. The van der Waals surface area contributed by atoms with Crippen molar-refractivity contribution in [1.82, 2.24) is 19.9 Å². The number of hydrogen-bond acceptors (Lipinski definition) is 8. The number of benzene rings is 2. The summed E-state index contributed by atoms with van der Waals surface area (Å²) >= 11 is 1.19. The lowest BCUT2D eigenvalue weighted by molar-refractivity contribution is 0.102. The number of ether oxygens (including phenoxy) is 1. The van der Waals surface area contributed by atoms with Crippen LogP contribution in [0.2, 0.25) is 0 Å². The molecule has 0 fully saturated rings. The number of nitriles is 1. The molecule has 0 atom stereocenters. The second-order valence-corrected chi connectivity index (χ2v) is 8.42. The predicted molar refractivity (Wildman–Crippen MR) is 136 cm³/mol. The fourth-order valence-corrected chi connectivity index (χ4v) is 4.36. The number of hydrogen-bond donors (Lipinski definition) is 1. The van der Waals surface area contributed by atoms with Crippen LogP contribution in [0, 0.1) is 17.9 Å². The summed E-state index contributed by atoms with van der Waals surface area (Å²) in [6, 6.07) is 17.9. The van der Waals surface area contributed by atoms with Gasteiger partial charge < -0.3 is 9.58 Å². The fraction of sp³-hybridized carbons (Fsp3) is 0.0385. The molecule has 0 unspecified atom stereocenters. The molecule has 0 saturated carbocycles. The topological polar surface area (TPSA) is 118 Å². The number of thiazole rings is 1. The zero-order valence-corrected chi connectivity index (χ0v) is 19.6. The number of fused-ring (bicyclic) bond motifs is 1. The molecule has 1 N–H and O–H groups in total. The van der Waals surface area contributed by atoms with Crippen LogP contribution in [0.5, 0.6) is 5.75 Å². The minimum Gasteiger partial charge on any atom is -0.496 e. The molecule has 10 heteroatoms. The Kier molecular flexibility index (Phi) is 6.02. The van der Waals surface area contributed by atoms with E-state index in [1.165, 1.54) is 17.5 Å². The summed E-state index contributed by atoms with van der Waals surface area (Å²) in [5.41, 5.74) is 3.86. The molecule has 0 spiro atoms. The molecule has 0 aliphatic heterocycles. The largest absolute Gasteiger partial charge is 0.496 e. The Hall–Kier alpha value is -5.19. The molecular formula is C26H15N7O2S. The molecule has 0 radical (unpaired) electrons. The van der Waals surface area contributed by atoms with Gasteiger partial charge in [-0.05, 0) is 29.8 Å². The van der Waals surface area contributed by atoms with Crippen molar-refractivity contribution in [3.8, 4) is 34.2 Å². The fourth-order valence-electron chi connectivity index (χ4n) is 3.57. The van der Waals surface area contributed by atoms with Gasteiger partial charge >= 0.3 is 0 Å². The first kappa shape index (κ1) is 22.6. The van der Waals surface area contributed by atoms with Crippen molar-refractivity contribution in [1.29, 1.82) is 5.26 Å². The van der Waals surface area contributed by atoms with Gasteiger partial charge in [-0.25, -0.2) is 9.97 Å². The maximum atomic E-state index is 13.3. The highest BCUT2D eigenvalue weighted by molar-refractivity contribution is 7.21.